The molecule has 5 nitrogen and oxygen atoms in total. The minimum absolute atomic E-state index is 0.194. The summed E-state index contributed by atoms with van der Waals surface area (Å²) in [6, 6.07) is 3.32. The Morgan fingerprint density at radius 1 is 1.05 bits per heavy atom. The summed E-state index contributed by atoms with van der Waals surface area (Å²) < 4.78 is 9.43. The summed E-state index contributed by atoms with van der Waals surface area (Å²) in [6.45, 7) is 2.40. The normalized spacial score (nSPS) is 10.2. The number of nitrogens with two attached hydrogens (primary N) is 1. The highest BCUT2D eigenvalue weighted by Crippen LogP contribution is 2.21. The van der Waals surface area contributed by atoms with E-state index in [9.17, 15) is 9.59 Å². The molecule has 0 unspecified atom stereocenters. The van der Waals surface area contributed by atoms with Gasteiger partial charge in [-0.05, 0) is 36.1 Å². The largest absolute Gasteiger partial charge is 0.465 e. The lowest BCUT2D eigenvalue weighted by molar-refractivity contribution is 0.0555. The Kier molecular flexibility index (Phi) is 6.18. The zero-order valence-electron chi connectivity index (χ0n) is 12.2. The van der Waals surface area contributed by atoms with E-state index in [1.54, 1.807) is 12.1 Å². The van der Waals surface area contributed by atoms with Crippen LogP contribution in [0.4, 0.5) is 0 Å². The van der Waals surface area contributed by atoms with Crippen LogP contribution in [0.5, 0.6) is 0 Å². The molecule has 0 saturated heterocycles. The summed E-state index contributed by atoms with van der Waals surface area (Å²) >= 11 is 0. The average Bonchev–Trinajstić information content (AvgIpc) is 2.50. The Morgan fingerprint density at radius 3 is 1.95 bits per heavy atom. The number of methoxy groups -OCH3 is 2. The molecule has 5 heteroatoms. The minimum atomic E-state index is -0.567. The van der Waals surface area contributed by atoms with Crippen molar-refractivity contribution in [3.8, 4) is 0 Å². The molecule has 0 aliphatic rings. The molecule has 0 saturated carbocycles. The van der Waals surface area contributed by atoms with Crippen LogP contribution in [0.15, 0.2) is 12.1 Å². The number of hydrogen-bond acceptors (Lipinski definition) is 5. The molecule has 0 radical (unpaired) electrons. The quantitative estimate of drug-likeness (QED) is 0.806. The molecule has 110 valence electrons. The highest BCUT2D eigenvalue weighted by atomic mass is 16.5. The van der Waals surface area contributed by atoms with Crippen LogP contribution in [0.25, 0.3) is 0 Å². The van der Waals surface area contributed by atoms with Crippen LogP contribution in [0.1, 0.15) is 51.6 Å². The fraction of sp³-hybridized carbons (Fsp3) is 0.467. The van der Waals surface area contributed by atoms with Gasteiger partial charge in [0.15, 0.2) is 0 Å². The first-order chi connectivity index (χ1) is 9.58. The van der Waals surface area contributed by atoms with E-state index in [0.29, 0.717) is 6.54 Å². The van der Waals surface area contributed by atoms with Crippen LogP contribution in [0.3, 0.4) is 0 Å². The number of rotatable bonds is 6. The van der Waals surface area contributed by atoms with E-state index in [4.69, 9.17) is 15.2 Å². The molecule has 2 N–H and O–H groups in total. The van der Waals surface area contributed by atoms with Gasteiger partial charge < -0.3 is 15.2 Å². The van der Waals surface area contributed by atoms with Crippen LogP contribution in [0.2, 0.25) is 0 Å². The molecule has 0 aliphatic carbocycles. The average molecular weight is 279 g/mol. The summed E-state index contributed by atoms with van der Waals surface area (Å²) in [5.41, 5.74) is 7.97. The molecule has 0 fully saturated rings. The van der Waals surface area contributed by atoms with E-state index >= 15 is 0 Å². The highest BCUT2D eigenvalue weighted by Gasteiger charge is 2.21. The molecule has 0 heterocycles. The molecule has 0 aromatic heterocycles. The zero-order chi connectivity index (χ0) is 15.1. The van der Waals surface area contributed by atoms with Crippen molar-refractivity contribution in [2.75, 3.05) is 14.2 Å². The smallest absolute Gasteiger partial charge is 0.338 e. The maximum absolute atomic E-state index is 11.8. The lowest BCUT2D eigenvalue weighted by atomic mass is 9.95. The van der Waals surface area contributed by atoms with E-state index in [-0.39, 0.29) is 11.1 Å². The molecular weight excluding hydrogens is 258 g/mol. The van der Waals surface area contributed by atoms with Gasteiger partial charge in [0.25, 0.3) is 0 Å². The second-order valence-electron chi connectivity index (χ2n) is 4.46. The van der Waals surface area contributed by atoms with Gasteiger partial charge >= 0.3 is 11.9 Å². The lowest BCUT2D eigenvalue weighted by Crippen LogP contribution is -2.15. The fourth-order valence-electron chi connectivity index (χ4n) is 2.04. The van der Waals surface area contributed by atoms with E-state index in [0.717, 1.165) is 30.4 Å². The number of hydrogen-bond donors (Lipinski definition) is 1. The first-order valence-electron chi connectivity index (χ1n) is 6.61. The van der Waals surface area contributed by atoms with Gasteiger partial charge in [0.2, 0.25) is 0 Å². The predicted molar refractivity (Wildman–Crippen MR) is 75.6 cm³/mol. The molecule has 0 atom stereocenters. The number of unbranched alkanes of at least 4 members (excludes halogenated alkanes) is 1. The van der Waals surface area contributed by atoms with Crippen LogP contribution in [-0.2, 0) is 22.4 Å². The van der Waals surface area contributed by atoms with Gasteiger partial charge in [0, 0.05) is 6.54 Å². The monoisotopic (exact) mass is 279 g/mol. The number of carbonyl (C=O) groups excluding carboxylic acids is 2. The van der Waals surface area contributed by atoms with E-state index in [1.807, 2.05) is 0 Å². The Labute approximate surface area is 119 Å². The standard InChI is InChI=1S/C15H21NO4/c1-4-5-6-10-7-12(14(17)19-2)13(15(18)20-3)8-11(10)9-16/h7-8H,4-6,9,16H2,1-3H3. The van der Waals surface area contributed by atoms with Crippen molar-refractivity contribution in [1.82, 2.24) is 0 Å². The third-order valence-electron chi connectivity index (χ3n) is 3.17. The molecule has 0 amide bonds. The highest BCUT2D eigenvalue weighted by molar-refractivity contribution is 6.03. The summed E-state index contributed by atoms with van der Waals surface area (Å²) in [5, 5.41) is 0. The number of aryl methyl sites for hydroxylation is 1. The molecule has 1 aromatic carbocycles. The van der Waals surface area contributed by atoms with Crippen molar-refractivity contribution in [2.45, 2.75) is 32.7 Å². The zero-order valence-corrected chi connectivity index (χ0v) is 12.2. The van der Waals surface area contributed by atoms with Crippen molar-refractivity contribution in [3.63, 3.8) is 0 Å². The summed E-state index contributed by atoms with van der Waals surface area (Å²) in [4.78, 5) is 23.6. The molecule has 1 aromatic rings. The fourth-order valence-corrected chi connectivity index (χ4v) is 2.04. The van der Waals surface area contributed by atoms with Crippen LogP contribution < -0.4 is 5.73 Å². The van der Waals surface area contributed by atoms with Gasteiger partial charge in [-0.2, -0.15) is 0 Å². The Balaban J connectivity index is 3.36. The van der Waals surface area contributed by atoms with Gasteiger partial charge in [0.1, 0.15) is 0 Å². The van der Waals surface area contributed by atoms with Gasteiger partial charge in [-0.25, -0.2) is 9.59 Å². The lowest BCUT2D eigenvalue weighted by Gasteiger charge is -2.13. The third kappa shape index (κ3) is 3.57. The van der Waals surface area contributed by atoms with Crippen LogP contribution in [0, 0.1) is 0 Å². The van der Waals surface area contributed by atoms with E-state index in [1.165, 1.54) is 14.2 Å². The summed E-state index contributed by atoms with van der Waals surface area (Å²) in [7, 11) is 2.56. The maximum Gasteiger partial charge on any atom is 0.338 e. The third-order valence-corrected chi connectivity index (χ3v) is 3.17. The number of ether oxygens (including phenoxy) is 2. The molecule has 1 rings (SSSR count). The van der Waals surface area contributed by atoms with E-state index in [2.05, 4.69) is 6.92 Å². The van der Waals surface area contributed by atoms with Gasteiger partial charge in [0.05, 0.1) is 25.3 Å². The second-order valence-corrected chi connectivity index (χ2v) is 4.46. The van der Waals surface area contributed by atoms with Gasteiger partial charge in [-0.1, -0.05) is 13.3 Å². The summed E-state index contributed by atoms with van der Waals surface area (Å²) in [5.74, 6) is -1.12. The Bertz CT molecular complexity index is 497. The van der Waals surface area contributed by atoms with Crippen molar-refractivity contribution in [2.24, 2.45) is 5.73 Å². The summed E-state index contributed by atoms with van der Waals surface area (Å²) in [6.07, 6.45) is 2.84. The number of esters is 2. The Hall–Kier alpha value is -1.88. The van der Waals surface area contributed by atoms with E-state index < -0.39 is 11.9 Å². The molecule has 0 spiro atoms. The van der Waals surface area contributed by atoms with Crippen molar-refractivity contribution in [3.05, 3.63) is 34.4 Å². The first-order valence-corrected chi connectivity index (χ1v) is 6.61. The maximum atomic E-state index is 11.8. The first kappa shape index (κ1) is 16.2. The van der Waals surface area contributed by atoms with Gasteiger partial charge in [-0.15, -0.1) is 0 Å². The van der Waals surface area contributed by atoms with Crippen molar-refractivity contribution < 1.29 is 19.1 Å². The molecular formula is C15H21NO4. The van der Waals surface area contributed by atoms with Crippen LogP contribution >= 0.6 is 0 Å². The minimum Gasteiger partial charge on any atom is -0.465 e. The Morgan fingerprint density at radius 2 is 1.55 bits per heavy atom. The van der Waals surface area contributed by atoms with Crippen molar-refractivity contribution in [1.29, 1.82) is 0 Å². The predicted octanol–water partition coefficient (Wildman–Crippen LogP) is 2.06. The topological polar surface area (TPSA) is 78.6 Å². The molecule has 0 bridgehead atoms. The molecule has 0 aliphatic heterocycles. The number of carbonyl (C=O) groups is 2. The molecule has 20 heavy (non-hydrogen) atoms. The van der Waals surface area contributed by atoms with Crippen molar-refractivity contribution >= 4 is 11.9 Å². The van der Waals surface area contributed by atoms with Crippen LogP contribution in [-0.4, -0.2) is 26.2 Å². The number of benzene rings is 1. The van der Waals surface area contributed by atoms with Gasteiger partial charge in [-0.3, -0.25) is 0 Å². The second kappa shape index (κ2) is 7.65. The SMILES string of the molecule is CCCCc1cc(C(=O)OC)c(C(=O)OC)cc1CN.